The van der Waals surface area contributed by atoms with E-state index in [4.69, 9.17) is 9.72 Å². The van der Waals surface area contributed by atoms with E-state index in [1.165, 1.54) is 11.1 Å². The zero-order valence-electron chi connectivity index (χ0n) is 13.0. The zero-order valence-corrected chi connectivity index (χ0v) is 13.0. The van der Waals surface area contributed by atoms with Gasteiger partial charge < -0.3 is 14.6 Å². The average Bonchev–Trinajstić information content (AvgIpc) is 2.92. The molecule has 4 heteroatoms. The number of nitrogens with one attached hydrogen (secondary N) is 1. The Hall–Kier alpha value is -2.49. The van der Waals surface area contributed by atoms with Crippen molar-refractivity contribution in [1.82, 2.24) is 9.55 Å². The van der Waals surface area contributed by atoms with Gasteiger partial charge in [-0.1, -0.05) is 31.2 Å². The highest BCUT2D eigenvalue weighted by atomic mass is 16.5. The fraction of sp³-hybridized carbons (Fsp3) is 0.278. The molecular weight excluding hydrogens is 274 g/mol. The molecule has 0 fully saturated rings. The topological polar surface area (TPSA) is 39.1 Å². The number of hydrogen-bond acceptors (Lipinski definition) is 3. The predicted octanol–water partition coefficient (Wildman–Crippen LogP) is 4.07. The Balaban J connectivity index is 1.81. The van der Waals surface area contributed by atoms with Crippen LogP contribution in [0.25, 0.3) is 11.0 Å². The highest BCUT2D eigenvalue weighted by Crippen LogP contribution is 2.21. The minimum atomic E-state index is 0.747. The maximum absolute atomic E-state index is 5.19. The maximum Gasteiger partial charge on any atom is 0.204 e. The van der Waals surface area contributed by atoms with Crippen molar-refractivity contribution in [3.8, 4) is 5.75 Å². The lowest BCUT2D eigenvalue weighted by Gasteiger charge is -2.10. The summed E-state index contributed by atoms with van der Waals surface area (Å²) in [5.41, 5.74) is 3.42. The minimum Gasteiger partial charge on any atom is -0.497 e. The van der Waals surface area contributed by atoms with Gasteiger partial charge in [-0.15, -0.1) is 0 Å². The van der Waals surface area contributed by atoms with E-state index in [1.54, 1.807) is 7.11 Å². The van der Waals surface area contributed by atoms with E-state index < -0.39 is 0 Å². The Morgan fingerprint density at radius 2 is 1.86 bits per heavy atom. The molecular formula is C18H21N3O. The summed E-state index contributed by atoms with van der Waals surface area (Å²) in [7, 11) is 1.68. The van der Waals surface area contributed by atoms with Gasteiger partial charge in [0.05, 0.1) is 18.1 Å². The summed E-state index contributed by atoms with van der Waals surface area (Å²) < 4.78 is 7.43. The minimum absolute atomic E-state index is 0.747. The van der Waals surface area contributed by atoms with Gasteiger partial charge in [-0.25, -0.2) is 4.98 Å². The van der Waals surface area contributed by atoms with Gasteiger partial charge in [-0.2, -0.15) is 0 Å². The highest BCUT2D eigenvalue weighted by Gasteiger charge is 2.09. The van der Waals surface area contributed by atoms with Crippen molar-refractivity contribution in [2.24, 2.45) is 0 Å². The molecule has 0 saturated carbocycles. The van der Waals surface area contributed by atoms with E-state index in [1.807, 2.05) is 18.2 Å². The van der Waals surface area contributed by atoms with Gasteiger partial charge in [0, 0.05) is 13.1 Å². The number of ether oxygens (including phenoxy) is 1. The van der Waals surface area contributed by atoms with Crippen LogP contribution in [-0.4, -0.2) is 16.7 Å². The number of fused-ring (bicyclic) bond motifs is 1. The number of nitrogens with zero attached hydrogens (tertiary/aromatic N) is 2. The summed E-state index contributed by atoms with van der Waals surface area (Å²) in [4.78, 5) is 4.71. The van der Waals surface area contributed by atoms with E-state index in [0.717, 1.165) is 36.7 Å². The Morgan fingerprint density at radius 3 is 2.59 bits per heavy atom. The van der Waals surface area contributed by atoms with Crippen molar-refractivity contribution in [2.75, 3.05) is 12.4 Å². The van der Waals surface area contributed by atoms with Crippen LogP contribution in [0.5, 0.6) is 5.75 Å². The lowest BCUT2D eigenvalue weighted by molar-refractivity contribution is 0.414. The molecule has 3 rings (SSSR count). The molecule has 0 unspecified atom stereocenters. The van der Waals surface area contributed by atoms with Gasteiger partial charge in [0.25, 0.3) is 0 Å². The van der Waals surface area contributed by atoms with Crippen molar-refractivity contribution in [2.45, 2.75) is 26.4 Å². The van der Waals surface area contributed by atoms with Crippen molar-refractivity contribution in [3.05, 3.63) is 54.1 Å². The molecule has 0 aliphatic carbocycles. The van der Waals surface area contributed by atoms with Crippen molar-refractivity contribution in [3.63, 3.8) is 0 Å². The number of imidazole rings is 1. The second-order valence-corrected chi connectivity index (χ2v) is 5.28. The van der Waals surface area contributed by atoms with Crippen LogP contribution in [0.3, 0.4) is 0 Å². The first kappa shape index (κ1) is 14.4. The molecule has 1 N–H and O–H groups in total. The van der Waals surface area contributed by atoms with Crippen LogP contribution in [0.15, 0.2) is 48.5 Å². The van der Waals surface area contributed by atoms with Gasteiger partial charge in [-0.05, 0) is 36.2 Å². The molecule has 0 aliphatic heterocycles. The van der Waals surface area contributed by atoms with Crippen LogP contribution in [-0.2, 0) is 13.1 Å². The molecule has 3 aromatic rings. The number of rotatable bonds is 6. The first-order valence-corrected chi connectivity index (χ1v) is 7.64. The average molecular weight is 295 g/mol. The normalized spacial score (nSPS) is 10.8. The second kappa shape index (κ2) is 6.52. The number of para-hydroxylation sites is 2. The lowest BCUT2D eigenvalue weighted by Crippen LogP contribution is -2.07. The molecule has 1 heterocycles. The summed E-state index contributed by atoms with van der Waals surface area (Å²) in [5.74, 6) is 1.81. The summed E-state index contributed by atoms with van der Waals surface area (Å²) in [6, 6.07) is 16.4. The summed E-state index contributed by atoms with van der Waals surface area (Å²) in [6.07, 6.45) is 1.08. The number of benzene rings is 2. The van der Waals surface area contributed by atoms with E-state index in [-0.39, 0.29) is 0 Å². The quantitative estimate of drug-likeness (QED) is 0.745. The molecule has 2 aromatic carbocycles. The molecule has 0 atom stereocenters. The molecule has 4 nitrogen and oxygen atoms in total. The third kappa shape index (κ3) is 2.91. The fourth-order valence-electron chi connectivity index (χ4n) is 2.58. The zero-order chi connectivity index (χ0) is 15.4. The number of hydrogen-bond donors (Lipinski definition) is 1. The summed E-state index contributed by atoms with van der Waals surface area (Å²) >= 11 is 0. The lowest BCUT2D eigenvalue weighted by atomic mass is 10.2. The van der Waals surface area contributed by atoms with E-state index in [2.05, 4.69) is 47.1 Å². The Morgan fingerprint density at radius 1 is 1.09 bits per heavy atom. The molecule has 22 heavy (non-hydrogen) atoms. The van der Waals surface area contributed by atoms with E-state index in [9.17, 15) is 0 Å². The first-order chi connectivity index (χ1) is 10.8. The van der Waals surface area contributed by atoms with Crippen LogP contribution in [0.4, 0.5) is 5.95 Å². The molecule has 0 amide bonds. The molecule has 0 radical (unpaired) electrons. The highest BCUT2D eigenvalue weighted by molar-refractivity contribution is 5.78. The van der Waals surface area contributed by atoms with Gasteiger partial charge in [0.15, 0.2) is 0 Å². The molecule has 114 valence electrons. The maximum atomic E-state index is 5.19. The largest absolute Gasteiger partial charge is 0.497 e. The monoisotopic (exact) mass is 295 g/mol. The van der Waals surface area contributed by atoms with Crippen molar-refractivity contribution in [1.29, 1.82) is 0 Å². The third-order valence-electron chi connectivity index (χ3n) is 3.71. The van der Waals surface area contributed by atoms with Gasteiger partial charge in [0.2, 0.25) is 5.95 Å². The molecule has 0 saturated heterocycles. The fourth-order valence-corrected chi connectivity index (χ4v) is 2.58. The van der Waals surface area contributed by atoms with Crippen LogP contribution in [0.2, 0.25) is 0 Å². The van der Waals surface area contributed by atoms with Crippen LogP contribution < -0.4 is 10.1 Å². The van der Waals surface area contributed by atoms with E-state index >= 15 is 0 Å². The Kier molecular flexibility index (Phi) is 4.28. The number of aromatic nitrogens is 2. The van der Waals surface area contributed by atoms with Gasteiger partial charge >= 0.3 is 0 Å². The number of methoxy groups -OCH3 is 1. The van der Waals surface area contributed by atoms with Crippen LogP contribution >= 0.6 is 0 Å². The number of anilines is 1. The molecule has 0 bridgehead atoms. The Bertz CT molecular complexity index is 747. The molecule has 0 spiro atoms. The van der Waals surface area contributed by atoms with Gasteiger partial charge in [-0.3, -0.25) is 0 Å². The standard InChI is InChI=1S/C18H21N3O/c1-3-12-21-17-7-5-4-6-16(17)20-18(21)19-13-14-8-10-15(22-2)11-9-14/h4-11H,3,12-13H2,1-2H3,(H,19,20). The smallest absolute Gasteiger partial charge is 0.204 e. The van der Waals surface area contributed by atoms with E-state index in [0.29, 0.717) is 0 Å². The molecule has 1 aromatic heterocycles. The van der Waals surface area contributed by atoms with Gasteiger partial charge in [0.1, 0.15) is 5.75 Å². The van der Waals surface area contributed by atoms with Crippen LogP contribution in [0.1, 0.15) is 18.9 Å². The van der Waals surface area contributed by atoms with Crippen molar-refractivity contribution < 1.29 is 4.74 Å². The summed E-state index contributed by atoms with van der Waals surface area (Å²) in [6.45, 7) is 3.89. The SMILES string of the molecule is CCCn1c(NCc2ccc(OC)cc2)nc2ccccc21. The predicted molar refractivity (Wildman–Crippen MR) is 90.3 cm³/mol. The summed E-state index contributed by atoms with van der Waals surface area (Å²) in [5, 5.41) is 3.45. The van der Waals surface area contributed by atoms with Crippen LogP contribution in [0, 0.1) is 0 Å². The van der Waals surface area contributed by atoms with Crippen molar-refractivity contribution >= 4 is 17.0 Å². The molecule has 0 aliphatic rings. The second-order valence-electron chi connectivity index (χ2n) is 5.28. The number of aryl methyl sites for hydroxylation is 1. The third-order valence-corrected chi connectivity index (χ3v) is 3.71. The Labute approximate surface area is 130 Å². The first-order valence-electron chi connectivity index (χ1n) is 7.64.